The van der Waals surface area contributed by atoms with Gasteiger partial charge in [0.15, 0.2) is 0 Å². The van der Waals surface area contributed by atoms with Gasteiger partial charge in [0, 0.05) is 32.6 Å². The predicted molar refractivity (Wildman–Crippen MR) is 58.3 cm³/mol. The van der Waals surface area contributed by atoms with Crippen LogP contribution in [0.4, 0.5) is 6.01 Å². The molecule has 0 saturated carbocycles. The number of aromatic nitrogens is 2. The first-order valence-corrected chi connectivity index (χ1v) is 5.51. The molecule has 0 aliphatic carbocycles. The number of alkyl halides is 1. The molecule has 0 saturated heterocycles. The van der Waals surface area contributed by atoms with E-state index >= 15 is 0 Å². The Labute approximate surface area is 94.2 Å². The molecule has 0 aliphatic heterocycles. The van der Waals surface area contributed by atoms with E-state index in [1.165, 1.54) is 0 Å². The van der Waals surface area contributed by atoms with Crippen molar-refractivity contribution in [2.75, 3.05) is 31.5 Å². The Kier molecular flexibility index (Phi) is 6.11. The molecule has 0 fully saturated rings. The summed E-state index contributed by atoms with van der Waals surface area (Å²) < 4.78 is 10.2. The van der Waals surface area contributed by atoms with Crippen molar-refractivity contribution in [1.29, 1.82) is 0 Å². The molecule has 0 radical (unpaired) electrons. The van der Waals surface area contributed by atoms with Gasteiger partial charge in [0.05, 0.1) is 0 Å². The molecular formula is C9H16ClN3O2. The number of ether oxygens (including phenoxy) is 1. The van der Waals surface area contributed by atoms with Crippen LogP contribution in [0, 0.1) is 0 Å². The van der Waals surface area contributed by atoms with E-state index < -0.39 is 0 Å². The predicted octanol–water partition coefficient (Wildman–Crippen LogP) is 1.69. The van der Waals surface area contributed by atoms with Gasteiger partial charge in [-0.15, -0.1) is 16.7 Å². The molecule has 0 atom stereocenters. The van der Waals surface area contributed by atoms with Crippen LogP contribution >= 0.6 is 11.6 Å². The summed E-state index contributed by atoms with van der Waals surface area (Å²) in [6.45, 7) is 1.59. The van der Waals surface area contributed by atoms with Gasteiger partial charge in [0.2, 0.25) is 5.89 Å². The molecule has 1 aromatic heterocycles. The average Bonchev–Trinajstić information content (AvgIpc) is 2.66. The van der Waals surface area contributed by atoms with Crippen LogP contribution in [0.3, 0.4) is 0 Å². The Bertz CT molecular complexity index is 268. The quantitative estimate of drug-likeness (QED) is 0.547. The summed E-state index contributed by atoms with van der Waals surface area (Å²) in [5, 5.41) is 10.7. The second-order valence-electron chi connectivity index (χ2n) is 3.07. The van der Waals surface area contributed by atoms with Crippen LogP contribution < -0.4 is 5.32 Å². The highest BCUT2D eigenvalue weighted by Crippen LogP contribution is 2.06. The van der Waals surface area contributed by atoms with Crippen molar-refractivity contribution >= 4 is 17.6 Å². The Hall–Kier alpha value is -0.810. The molecule has 0 aromatic carbocycles. The summed E-state index contributed by atoms with van der Waals surface area (Å²) in [6, 6.07) is 0.465. The average molecular weight is 234 g/mol. The fourth-order valence-electron chi connectivity index (χ4n) is 1.07. The number of halogens is 1. The molecule has 0 spiro atoms. The van der Waals surface area contributed by atoms with Crippen LogP contribution in [-0.4, -0.2) is 36.3 Å². The Morgan fingerprint density at radius 1 is 1.40 bits per heavy atom. The Morgan fingerprint density at radius 3 is 3.00 bits per heavy atom. The van der Waals surface area contributed by atoms with E-state index in [-0.39, 0.29) is 0 Å². The van der Waals surface area contributed by atoms with Crippen molar-refractivity contribution in [1.82, 2.24) is 10.2 Å². The van der Waals surface area contributed by atoms with Gasteiger partial charge in [-0.1, -0.05) is 5.10 Å². The minimum Gasteiger partial charge on any atom is -0.408 e. The summed E-state index contributed by atoms with van der Waals surface area (Å²) in [5.41, 5.74) is 0. The normalized spacial score (nSPS) is 10.5. The molecule has 1 N–H and O–H groups in total. The molecule has 15 heavy (non-hydrogen) atoms. The van der Waals surface area contributed by atoms with Gasteiger partial charge in [0.1, 0.15) is 0 Å². The molecule has 1 aromatic rings. The maximum atomic E-state index is 5.54. The van der Waals surface area contributed by atoms with Crippen LogP contribution in [0.15, 0.2) is 4.42 Å². The smallest absolute Gasteiger partial charge is 0.315 e. The number of anilines is 1. The van der Waals surface area contributed by atoms with Crippen molar-refractivity contribution in [3.63, 3.8) is 0 Å². The summed E-state index contributed by atoms with van der Waals surface area (Å²) in [6.07, 6.45) is 2.65. The largest absolute Gasteiger partial charge is 0.408 e. The molecule has 1 rings (SSSR count). The molecule has 0 aliphatic rings. The minimum absolute atomic E-state index is 0.465. The van der Waals surface area contributed by atoms with Crippen LogP contribution in [-0.2, 0) is 11.2 Å². The van der Waals surface area contributed by atoms with Crippen LogP contribution in [0.5, 0.6) is 0 Å². The van der Waals surface area contributed by atoms with E-state index in [2.05, 4.69) is 15.5 Å². The van der Waals surface area contributed by atoms with Gasteiger partial charge in [-0.05, 0) is 12.8 Å². The summed E-state index contributed by atoms with van der Waals surface area (Å²) in [4.78, 5) is 0. The van der Waals surface area contributed by atoms with Crippen molar-refractivity contribution in [2.45, 2.75) is 19.3 Å². The monoisotopic (exact) mass is 233 g/mol. The Morgan fingerprint density at radius 2 is 2.27 bits per heavy atom. The maximum absolute atomic E-state index is 5.54. The first-order chi connectivity index (χ1) is 7.36. The molecule has 1 heterocycles. The summed E-state index contributed by atoms with van der Waals surface area (Å²) in [7, 11) is 1.70. The van der Waals surface area contributed by atoms with Gasteiger partial charge in [-0.3, -0.25) is 0 Å². The summed E-state index contributed by atoms with van der Waals surface area (Å²) in [5.74, 6) is 1.07. The Balaban J connectivity index is 2.14. The third-order valence-corrected chi connectivity index (χ3v) is 2.02. The maximum Gasteiger partial charge on any atom is 0.315 e. The second kappa shape index (κ2) is 7.48. The fraction of sp³-hybridized carbons (Fsp3) is 0.778. The van der Waals surface area contributed by atoms with Crippen LogP contribution in [0.1, 0.15) is 18.7 Å². The zero-order valence-corrected chi connectivity index (χ0v) is 9.59. The van der Waals surface area contributed by atoms with Crippen LogP contribution in [0.25, 0.3) is 0 Å². The topological polar surface area (TPSA) is 60.2 Å². The lowest BCUT2D eigenvalue weighted by Crippen LogP contribution is -2.03. The van der Waals surface area contributed by atoms with Gasteiger partial charge in [-0.2, -0.15) is 0 Å². The number of nitrogens with one attached hydrogen (secondary N) is 1. The van der Waals surface area contributed by atoms with Crippen molar-refractivity contribution in [3.05, 3.63) is 5.89 Å². The molecule has 5 nitrogen and oxygen atoms in total. The fourth-order valence-corrected chi connectivity index (χ4v) is 1.24. The van der Waals surface area contributed by atoms with Gasteiger partial charge in [0.25, 0.3) is 0 Å². The van der Waals surface area contributed by atoms with Crippen molar-refractivity contribution in [2.24, 2.45) is 0 Å². The molecule has 0 amide bonds. The first-order valence-electron chi connectivity index (χ1n) is 4.98. The van der Waals surface area contributed by atoms with Crippen molar-refractivity contribution in [3.8, 4) is 0 Å². The second-order valence-corrected chi connectivity index (χ2v) is 3.44. The standard InChI is InChI=1S/C9H16ClN3O2/c1-14-7-3-2-6-11-9-13-12-8(15-9)4-5-10/h2-7H2,1H3,(H,11,13). The molecule has 6 heteroatoms. The van der Waals surface area contributed by atoms with Gasteiger partial charge in [-0.25, -0.2) is 0 Å². The lowest BCUT2D eigenvalue weighted by Gasteiger charge is -2.00. The molecule has 86 valence electrons. The third kappa shape index (κ3) is 4.99. The summed E-state index contributed by atoms with van der Waals surface area (Å²) >= 11 is 5.54. The first kappa shape index (κ1) is 12.3. The van der Waals surface area contributed by atoms with Gasteiger partial charge >= 0.3 is 6.01 Å². The van der Waals surface area contributed by atoms with Gasteiger partial charge < -0.3 is 14.5 Å². The number of methoxy groups -OCH3 is 1. The minimum atomic E-state index is 0.465. The SMILES string of the molecule is COCCCCNc1nnc(CCCl)o1. The lowest BCUT2D eigenvalue weighted by molar-refractivity contribution is 0.193. The number of hydrogen-bond donors (Lipinski definition) is 1. The van der Waals surface area contributed by atoms with E-state index in [1.807, 2.05) is 0 Å². The number of rotatable bonds is 8. The van der Waals surface area contributed by atoms with E-state index in [9.17, 15) is 0 Å². The lowest BCUT2D eigenvalue weighted by atomic mass is 10.3. The highest BCUT2D eigenvalue weighted by atomic mass is 35.5. The van der Waals surface area contributed by atoms with E-state index in [4.69, 9.17) is 20.8 Å². The van der Waals surface area contributed by atoms with Crippen LogP contribution in [0.2, 0.25) is 0 Å². The number of aryl methyl sites for hydroxylation is 1. The number of unbranched alkanes of at least 4 members (excludes halogenated alkanes) is 1. The van der Waals surface area contributed by atoms with E-state index in [1.54, 1.807) is 7.11 Å². The molecule has 0 unspecified atom stereocenters. The van der Waals surface area contributed by atoms with E-state index in [0.717, 1.165) is 26.0 Å². The highest BCUT2D eigenvalue weighted by molar-refractivity contribution is 6.17. The zero-order chi connectivity index (χ0) is 10.9. The molecule has 0 bridgehead atoms. The van der Waals surface area contributed by atoms with Crippen molar-refractivity contribution < 1.29 is 9.15 Å². The number of hydrogen-bond acceptors (Lipinski definition) is 5. The molecular weight excluding hydrogens is 218 g/mol. The zero-order valence-electron chi connectivity index (χ0n) is 8.83. The number of nitrogens with zero attached hydrogens (tertiary/aromatic N) is 2. The highest BCUT2D eigenvalue weighted by Gasteiger charge is 2.03. The third-order valence-electron chi connectivity index (χ3n) is 1.83. The van der Waals surface area contributed by atoms with E-state index in [0.29, 0.717) is 24.2 Å².